The SMILES string of the molecule is C=CC(=C/C)/C(C=C)=N\C. The summed E-state index contributed by atoms with van der Waals surface area (Å²) in [6.45, 7) is 9.23. The molecule has 0 radical (unpaired) electrons. The fraction of sp³-hybridized carbons (Fsp3) is 0.222. The van der Waals surface area contributed by atoms with Gasteiger partial charge in [-0.1, -0.05) is 25.3 Å². The zero-order valence-corrected chi connectivity index (χ0v) is 6.59. The average molecular weight is 135 g/mol. The van der Waals surface area contributed by atoms with Gasteiger partial charge in [0, 0.05) is 7.05 Å². The van der Waals surface area contributed by atoms with Crippen LogP contribution in [0.15, 0.2) is 42.0 Å². The lowest BCUT2D eigenvalue weighted by atomic mass is 10.1. The summed E-state index contributed by atoms with van der Waals surface area (Å²) in [5.41, 5.74) is 1.91. The summed E-state index contributed by atoms with van der Waals surface area (Å²) in [5, 5.41) is 0. The third kappa shape index (κ3) is 2.02. The molecule has 0 amide bonds. The highest BCUT2D eigenvalue weighted by atomic mass is 14.7. The highest BCUT2D eigenvalue weighted by Gasteiger charge is 1.93. The third-order valence-electron chi connectivity index (χ3n) is 1.26. The first-order chi connectivity index (χ1) is 4.79. The minimum atomic E-state index is 0.887. The Kier molecular flexibility index (Phi) is 4.21. The van der Waals surface area contributed by atoms with Crippen LogP contribution in [0.5, 0.6) is 0 Å². The molecule has 0 spiro atoms. The molecule has 0 aromatic rings. The van der Waals surface area contributed by atoms with Gasteiger partial charge in [0.05, 0.1) is 5.71 Å². The Morgan fingerprint density at radius 3 is 2.00 bits per heavy atom. The molecule has 0 unspecified atom stereocenters. The van der Waals surface area contributed by atoms with Crippen molar-refractivity contribution in [3.63, 3.8) is 0 Å². The Morgan fingerprint density at radius 2 is 1.90 bits per heavy atom. The summed E-state index contributed by atoms with van der Waals surface area (Å²) in [5.74, 6) is 0. The fourth-order valence-electron chi connectivity index (χ4n) is 0.709. The van der Waals surface area contributed by atoms with Crippen molar-refractivity contribution in [1.82, 2.24) is 0 Å². The summed E-state index contributed by atoms with van der Waals surface area (Å²) < 4.78 is 0. The van der Waals surface area contributed by atoms with Gasteiger partial charge in [-0.2, -0.15) is 0 Å². The van der Waals surface area contributed by atoms with Crippen molar-refractivity contribution < 1.29 is 0 Å². The van der Waals surface area contributed by atoms with Gasteiger partial charge in [0.1, 0.15) is 0 Å². The Balaban J connectivity index is 4.58. The van der Waals surface area contributed by atoms with Crippen LogP contribution in [0.1, 0.15) is 6.92 Å². The zero-order chi connectivity index (χ0) is 7.98. The minimum absolute atomic E-state index is 0.887. The second-order valence-corrected chi connectivity index (χ2v) is 1.76. The zero-order valence-electron chi connectivity index (χ0n) is 6.59. The average Bonchev–Trinajstić information content (AvgIpc) is 2.00. The molecule has 0 N–H and O–H groups in total. The number of hydrogen-bond donors (Lipinski definition) is 0. The van der Waals surface area contributed by atoms with Gasteiger partial charge in [0.15, 0.2) is 0 Å². The number of nitrogens with zero attached hydrogens (tertiary/aromatic N) is 1. The summed E-state index contributed by atoms with van der Waals surface area (Å²) in [6.07, 6.45) is 5.44. The van der Waals surface area contributed by atoms with Gasteiger partial charge >= 0.3 is 0 Å². The summed E-state index contributed by atoms with van der Waals surface area (Å²) in [4.78, 5) is 4.01. The minimum Gasteiger partial charge on any atom is -0.288 e. The maximum Gasteiger partial charge on any atom is 0.0633 e. The van der Waals surface area contributed by atoms with Crippen LogP contribution in [0.2, 0.25) is 0 Å². The molecule has 0 heterocycles. The van der Waals surface area contributed by atoms with Crippen molar-refractivity contribution in [3.8, 4) is 0 Å². The number of rotatable bonds is 3. The van der Waals surface area contributed by atoms with Gasteiger partial charge in [-0.05, 0) is 18.6 Å². The molecule has 0 aliphatic heterocycles. The van der Waals surface area contributed by atoms with E-state index in [4.69, 9.17) is 0 Å². The monoisotopic (exact) mass is 135 g/mol. The largest absolute Gasteiger partial charge is 0.288 e. The molecule has 0 aliphatic carbocycles. The summed E-state index contributed by atoms with van der Waals surface area (Å²) >= 11 is 0. The van der Waals surface area contributed by atoms with E-state index in [0.717, 1.165) is 11.3 Å². The third-order valence-corrected chi connectivity index (χ3v) is 1.26. The molecule has 0 aromatic carbocycles. The first kappa shape index (κ1) is 8.89. The molecular weight excluding hydrogens is 122 g/mol. The molecule has 1 heteroatoms. The van der Waals surface area contributed by atoms with Gasteiger partial charge in [0.2, 0.25) is 0 Å². The Bertz CT molecular complexity index is 163. The van der Waals surface area contributed by atoms with E-state index in [1.54, 1.807) is 19.2 Å². The van der Waals surface area contributed by atoms with Crippen molar-refractivity contribution in [2.45, 2.75) is 6.92 Å². The second kappa shape index (κ2) is 4.74. The van der Waals surface area contributed by atoms with E-state index in [1.165, 1.54) is 0 Å². The molecule has 0 saturated heterocycles. The van der Waals surface area contributed by atoms with Crippen LogP contribution >= 0.6 is 0 Å². The van der Waals surface area contributed by atoms with Crippen molar-refractivity contribution in [2.75, 3.05) is 7.05 Å². The van der Waals surface area contributed by atoms with Gasteiger partial charge in [0.25, 0.3) is 0 Å². The van der Waals surface area contributed by atoms with E-state index in [1.807, 2.05) is 13.0 Å². The Morgan fingerprint density at radius 1 is 1.30 bits per heavy atom. The maximum absolute atomic E-state index is 4.01. The van der Waals surface area contributed by atoms with Gasteiger partial charge < -0.3 is 0 Å². The van der Waals surface area contributed by atoms with Crippen LogP contribution in [0.25, 0.3) is 0 Å². The van der Waals surface area contributed by atoms with E-state index >= 15 is 0 Å². The van der Waals surface area contributed by atoms with Gasteiger partial charge in [-0.15, -0.1) is 0 Å². The smallest absolute Gasteiger partial charge is 0.0633 e. The van der Waals surface area contributed by atoms with E-state index in [-0.39, 0.29) is 0 Å². The maximum atomic E-state index is 4.01. The molecule has 0 saturated carbocycles. The first-order valence-corrected chi connectivity index (χ1v) is 3.18. The molecule has 54 valence electrons. The van der Waals surface area contributed by atoms with Crippen molar-refractivity contribution in [3.05, 3.63) is 37.0 Å². The van der Waals surface area contributed by atoms with Crippen LogP contribution in [0.3, 0.4) is 0 Å². The summed E-state index contributed by atoms with van der Waals surface area (Å²) in [6, 6.07) is 0. The molecular formula is C9H13N. The molecule has 0 aromatic heterocycles. The van der Waals surface area contributed by atoms with Crippen molar-refractivity contribution in [2.24, 2.45) is 4.99 Å². The molecule has 0 aliphatic rings. The van der Waals surface area contributed by atoms with Crippen LogP contribution < -0.4 is 0 Å². The molecule has 0 fully saturated rings. The molecule has 10 heavy (non-hydrogen) atoms. The predicted octanol–water partition coefficient (Wildman–Crippen LogP) is 2.38. The van der Waals surface area contributed by atoms with Crippen molar-refractivity contribution in [1.29, 1.82) is 0 Å². The van der Waals surface area contributed by atoms with Crippen molar-refractivity contribution >= 4 is 5.71 Å². The van der Waals surface area contributed by atoms with Crippen LogP contribution in [-0.4, -0.2) is 12.8 Å². The number of hydrogen-bond acceptors (Lipinski definition) is 1. The standard InChI is InChI=1S/C9H13N/c1-5-8(6-2)9(7-3)10-4/h5-7H,1,3H2,2,4H3/b8-6-,10-9-. The molecule has 1 nitrogen and oxygen atoms in total. The van der Waals surface area contributed by atoms with Crippen LogP contribution in [0.4, 0.5) is 0 Å². The van der Waals surface area contributed by atoms with E-state index < -0.39 is 0 Å². The lowest BCUT2D eigenvalue weighted by Crippen LogP contribution is -1.94. The molecule has 0 atom stereocenters. The summed E-state index contributed by atoms with van der Waals surface area (Å²) in [7, 11) is 1.74. The number of aliphatic imine (C=N–C) groups is 1. The normalized spacial score (nSPS) is 13.0. The highest BCUT2D eigenvalue weighted by Crippen LogP contribution is 1.99. The van der Waals surface area contributed by atoms with E-state index in [9.17, 15) is 0 Å². The second-order valence-electron chi connectivity index (χ2n) is 1.76. The predicted molar refractivity (Wildman–Crippen MR) is 47.5 cm³/mol. The van der Waals surface area contributed by atoms with Gasteiger partial charge in [-0.3, -0.25) is 4.99 Å². The Hall–Kier alpha value is -1.11. The molecule has 0 bridgehead atoms. The number of allylic oxidation sites excluding steroid dienone is 4. The van der Waals surface area contributed by atoms with E-state index in [2.05, 4.69) is 18.2 Å². The van der Waals surface area contributed by atoms with Crippen LogP contribution in [-0.2, 0) is 0 Å². The fourth-order valence-corrected chi connectivity index (χ4v) is 0.709. The lowest BCUT2D eigenvalue weighted by molar-refractivity contribution is 1.43. The lowest BCUT2D eigenvalue weighted by Gasteiger charge is -1.97. The first-order valence-electron chi connectivity index (χ1n) is 3.18. The quantitative estimate of drug-likeness (QED) is 0.416. The van der Waals surface area contributed by atoms with Crippen LogP contribution in [0, 0.1) is 0 Å². The molecule has 0 rings (SSSR count). The van der Waals surface area contributed by atoms with Gasteiger partial charge in [-0.25, -0.2) is 0 Å². The van der Waals surface area contributed by atoms with E-state index in [0.29, 0.717) is 0 Å². The highest BCUT2D eigenvalue weighted by molar-refractivity contribution is 6.09. The Labute approximate surface area is 62.5 Å². The topological polar surface area (TPSA) is 12.4 Å².